The molecule has 22 heavy (non-hydrogen) atoms. The van der Waals surface area contributed by atoms with Crippen LogP contribution in [0.15, 0.2) is 33.7 Å². The number of aromatic amines is 1. The SMILES string of the molecule is O=c1[nH]c2nonc2nc1Nc1ccc(OC(F)(F)F)cc1. The highest BCUT2D eigenvalue weighted by Gasteiger charge is 2.30. The Morgan fingerprint density at radius 1 is 1.18 bits per heavy atom. The van der Waals surface area contributed by atoms with Gasteiger partial charge in [-0.25, -0.2) is 4.63 Å². The van der Waals surface area contributed by atoms with Crippen molar-refractivity contribution in [2.75, 3.05) is 5.32 Å². The summed E-state index contributed by atoms with van der Waals surface area (Å²) in [5, 5.41) is 9.53. The second-order valence-corrected chi connectivity index (χ2v) is 4.05. The Kier molecular flexibility index (Phi) is 3.16. The van der Waals surface area contributed by atoms with Gasteiger partial charge in [-0.1, -0.05) is 0 Å². The van der Waals surface area contributed by atoms with Crippen molar-refractivity contribution in [3.63, 3.8) is 0 Å². The van der Waals surface area contributed by atoms with Crippen molar-refractivity contribution in [3.05, 3.63) is 34.6 Å². The molecule has 114 valence electrons. The minimum atomic E-state index is -4.77. The Labute approximate surface area is 118 Å². The summed E-state index contributed by atoms with van der Waals surface area (Å²) >= 11 is 0. The minimum Gasteiger partial charge on any atom is -0.406 e. The lowest BCUT2D eigenvalue weighted by Crippen LogP contribution is -2.17. The summed E-state index contributed by atoms with van der Waals surface area (Å²) < 4.78 is 44.3. The number of halogens is 3. The van der Waals surface area contributed by atoms with Gasteiger partial charge in [0.15, 0.2) is 5.82 Å². The van der Waals surface area contributed by atoms with Crippen LogP contribution < -0.4 is 15.6 Å². The molecule has 0 bridgehead atoms. The number of aromatic nitrogens is 4. The van der Waals surface area contributed by atoms with E-state index in [4.69, 9.17) is 0 Å². The Bertz CT molecular complexity index is 856. The van der Waals surface area contributed by atoms with E-state index in [0.717, 1.165) is 12.1 Å². The van der Waals surface area contributed by atoms with E-state index in [9.17, 15) is 18.0 Å². The zero-order valence-electron chi connectivity index (χ0n) is 10.5. The van der Waals surface area contributed by atoms with Gasteiger partial charge in [0.25, 0.3) is 5.56 Å². The summed E-state index contributed by atoms with van der Waals surface area (Å²) in [6, 6.07) is 4.79. The van der Waals surface area contributed by atoms with Gasteiger partial charge in [0.1, 0.15) is 5.75 Å². The maximum Gasteiger partial charge on any atom is 0.573 e. The van der Waals surface area contributed by atoms with E-state index in [1.165, 1.54) is 12.1 Å². The van der Waals surface area contributed by atoms with E-state index in [2.05, 4.69) is 35.0 Å². The molecule has 0 aliphatic carbocycles. The number of nitrogens with zero attached hydrogens (tertiary/aromatic N) is 3. The molecule has 11 heteroatoms. The van der Waals surface area contributed by atoms with E-state index in [1.807, 2.05) is 0 Å². The molecule has 0 atom stereocenters. The van der Waals surface area contributed by atoms with Crippen LogP contribution in [-0.4, -0.2) is 26.6 Å². The van der Waals surface area contributed by atoms with Crippen molar-refractivity contribution in [1.82, 2.24) is 20.3 Å². The highest BCUT2D eigenvalue weighted by Crippen LogP contribution is 2.24. The minimum absolute atomic E-state index is 0.0825. The molecule has 0 aliphatic heterocycles. The average molecular weight is 313 g/mol. The number of alkyl halides is 3. The Morgan fingerprint density at radius 3 is 2.59 bits per heavy atom. The molecule has 2 aromatic heterocycles. The fraction of sp³-hybridized carbons (Fsp3) is 0.0909. The molecule has 0 amide bonds. The molecular weight excluding hydrogens is 307 g/mol. The first-order chi connectivity index (χ1) is 10.4. The monoisotopic (exact) mass is 313 g/mol. The molecule has 3 aromatic rings. The summed E-state index contributed by atoms with van der Waals surface area (Å²) in [6.45, 7) is 0. The summed E-state index contributed by atoms with van der Waals surface area (Å²) in [4.78, 5) is 18.0. The van der Waals surface area contributed by atoms with Crippen LogP contribution in [0.3, 0.4) is 0 Å². The molecule has 0 aliphatic rings. The first-order valence-electron chi connectivity index (χ1n) is 5.76. The fourth-order valence-corrected chi connectivity index (χ4v) is 1.62. The van der Waals surface area contributed by atoms with Gasteiger partial charge in [0, 0.05) is 5.69 Å². The summed E-state index contributed by atoms with van der Waals surface area (Å²) in [5.41, 5.74) is -0.0780. The molecule has 0 radical (unpaired) electrons. The fourth-order valence-electron chi connectivity index (χ4n) is 1.62. The van der Waals surface area contributed by atoms with Gasteiger partial charge >= 0.3 is 6.36 Å². The normalized spacial score (nSPS) is 11.6. The van der Waals surface area contributed by atoms with Gasteiger partial charge in [-0.2, -0.15) is 4.98 Å². The highest BCUT2D eigenvalue weighted by molar-refractivity contribution is 5.67. The number of ether oxygens (including phenoxy) is 1. The molecule has 0 saturated heterocycles. The molecule has 2 heterocycles. The van der Waals surface area contributed by atoms with Crippen molar-refractivity contribution in [2.45, 2.75) is 6.36 Å². The number of fused-ring (bicyclic) bond motifs is 1. The third kappa shape index (κ3) is 2.97. The van der Waals surface area contributed by atoms with E-state index < -0.39 is 11.9 Å². The van der Waals surface area contributed by atoms with E-state index in [0.29, 0.717) is 5.69 Å². The lowest BCUT2D eigenvalue weighted by atomic mass is 10.3. The van der Waals surface area contributed by atoms with Crippen LogP contribution in [0.1, 0.15) is 0 Å². The Morgan fingerprint density at radius 2 is 1.91 bits per heavy atom. The highest BCUT2D eigenvalue weighted by atomic mass is 19.4. The molecule has 3 rings (SSSR count). The first-order valence-corrected chi connectivity index (χ1v) is 5.76. The predicted molar refractivity (Wildman–Crippen MR) is 66.6 cm³/mol. The molecule has 0 spiro atoms. The smallest absolute Gasteiger partial charge is 0.406 e. The first kappa shape index (κ1) is 13.9. The quantitative estimate of drug-likeness (QED) is 0.761. The Balaban J connectivity index is 1.82. The van der Waals surface area contributed by atoms with Gasteiger partial charge in [0.05, 0.1) is 0 Å². The molecule has 8 nitrogen and oxygen atoms in total. The molecule has 0 saturated carbocycles. The van der Waals surface area contributed by atoms with Gasteiger partial charge in [-0.15, -0.1) is 13.2 Å². The molecule has 1 aromatic carbocycles. The number of hydrogen-bond donors (Lipinski definition) is 2. The van der Waals surface area contributed by atoms with Crippen LogP contribution in [0, 0.1) is 0 Å². The number of anilines is 2. The second kappa shape index (κ2) is 5.02. The zero-order valence-corrected chi connectivity index (χ0v) is 10.5. The third-order valence-corrected chi connectivity index (χ3v) is 2.49. The average Bonchev–Trinajstić information content (AvgIpc) is 2.87. The number of rotatable bonds is 3. The van der Waals surface area contributed by atoms with Gasteiger partial charge in [0.2, 0.25) is 11.3 Å². The lowest BCUT2D eigenvalue weighted by molar-refractivity contribution is -0.274. The zero-order chi connectivity index (χ0) is 15.7. The second-order valence-electron chi connectivity index (χ2n) is 4.05. The topological polar surface area (TPSA) is 106 Å². The Hall–Kier alpha value is -3.11. The van der Waals surface area contributed by atoms with Crippen molar-refractivity contribution in [2.24, 2.45) is 0 Å². The van der Waals surface area contributed by atoms with Crippen LogP contribution in [0.4, 0.5) is 24.7 Å². The van der Waals surface area contributed by atoms with Gasteiger partial charge in [-0.05, 0) is 34.6 Å². The molecular formula is C11H6F3N5O3. The van der Waals surface area contributed by atoms with Crippen LogP contribution in [0.25, 0.3) is 11.3 Å². The van der Waals surface area contributed by atoms with E-state index in [1.54, 1.807) is 0 Å². The molecule has 0 fully saturated rings. The van der Waals surface area contributed by atoms with E-state index in [-0.39, 0.29) is 22.9 Å². The van der Waals surface area contributed by atoms with Crippen LogP contribution in [0.5, 0.6) is 5.75 Å². The lowest BCUT2D eigenvalue weighted by Gasteiger charge is -2.09. The summed E-state index contributed by atoms with van der Waals surface area (Å²) in [5.74, 6) is -0.483. The predicted octanol–water partition coefficient (Wildman–Crippen LogP) is 1.95. The maximum atomic E-state index is 12.0. The molecule has 2 N–H and O–H groups in total. The van der Waals surface area contributed by atoms with Crippen LogP contribution in [0.2, 0.25) is 0 Å². The third-order valence-electron chi connectivity index (χ3n) is 2.49. The summed E-state index contributed by atoms with van der Waals surface area (Å²) in [7, 11) is 0. The summed E-state index contributed by atoms with van der Waals surface area (Å²) in [6.07, 6.45) is -4.77. The van der Waals surface area contributed by atoms with Crippen molar-refractivity contribution < 1.29 is 22.5 Å². The van der Waals surface area contributed by atoms with Crippen LogP contribution in [-0.2, 0) is 0 Å². The van der Waals surface area contributed by atoms with Crippen molar-refractivity contribution in [1.29, 1.82) is 0 Å². The molecule has 0 unspecified atom stereocenters. The van der Waals surface area contributed by atoms with Crippen LogP contribution >= 0.6 is 0 Å². The number of nitrogens with one attached hydrogen (secondary N) is 2. The number of H-pyrrole nitrogens is 1. The van der Waals surface area contributed by atoms with Crippen molar-refractivity contribution >= 4 is 22.8 Å². The number of hydrogen-bond acceptors (Lipinski definition) is 7. The largest absolute Gasteiger partial charge is 0.573 e. The van der Waals surface area contributed by atoms with E-state index >= 15 is 0 Å². The van der Waals surface area contributed by atoms with Gasteiger partial charge < -0.3 is 10.1 Å². The standard InChI is InChI=1S/C11H6F3N5O3/c12-11(13,14)21-6-3-1-5(2-4-6)15-9-10(20)17-8-7(16-9)18-22-19-8/h1-4H,(H,15,16,18)(H,17,19,20). The number of benzene rings is 1. The van der Waals surface area contributed by atoms with Crippen molar-refractivity contribution in [3.8, 4) is 5.75 Å². The maximum absolute atomic E-state index is 12.0. The van der Waals surface area contributed by atoms with Gasteiger partial charge in [-0.3, -0.25) is 9.78 Å².